The lowest BCUT2D eigenvalue weighted by atomic mass is 9.77. The second-order valence-corrected chi connectivity index (χ2v) is 6.70. The van der Waals surface area contributed by atoms with Crippen LogP contribution in [0.15, 0.2) is 0 Å². The number of hydrogen-bond donors (Lipinski definition) is 1. The number of ether oxygens (including phenoxy) is 2. The Hall–Kier alpha value is -0.610. The molecule has 0 radical (unpaired) electrons. The molecule has 114 valence electrons. The van der Waals surface area contributed by atoms with Gasteiger partial charge in [-0.1, -0.05) is 12.8 Å². The van der Waals surface area contributed by atoms with Crippen molar-refractivity contribution >= 4 is 5.91 Å². The van der Waals surface area contributed by atoms with Crippen molar-refractivity contribution in [3.8, 4) is 0 Å². The molecule has 0 spiro atoms. The fourth-order valence-corrected chi connectivity index (χ4v) is 4.21. The molecule has 1 aliphatic heterocycles. The van der Waals surface area contributed by atoms with Crippen LogP contribution in [0.3, 0.4) is 0 Å². The first-order chi connectivity index (χ1) is 9.76. The highest BCUT2D eigenvalue weighted by Crippen LogP contribution is 2.37. The predicted octanol–water partition coefficient (Wildman–Crippen LogP) is 2.27. The third kappa shape index (κ3) is 3.17. The highest BCUT2D eigenvalue weighted by Gasteiger charge is 2.38. The second-order valence-electron chi connectivity index (χ2n) is 6.70. The van der Waals surface area contributed by atoms with Gasteiger partial charge in [0, 0.05) is 20.1 Å². The minimum absolute atomic E-state index is 0.220. The Bertz CT molecular complexity index is 341. The van der Waals surface area contributed by atoms with E-state index >= 15 is 0 Å². The van der Waals surface area contributed by atoms with Gasteiger partial charge in [0.05, 0.1) is 18.3 Å². The summed E-state index contributed by atoms with van der Waals surface area (Å²) in [5, 5.41) is 2.97. The van der Waals surface area contributed by atoms with Gasteiger partial charge >= 0.3 is 0 Å². The van der Waals surface area contributed by atoms with E-state index in [1.807, 2.05) is 0 Å². The van der Waals surface area contributed by atoms with Crippen LogP contribution in [0.25, 0.3) is 0 Å². The molecule has 2 saturated carbocycles. The summed E-state index contributed by atoms with van der Waals surface area (Å²) < 4.78 is 12.0. The van der Waals surface area contributed by atoms with Crippen LogP contribution in [-0.2, 0) is 14.3 Å². The van der Waals surface area contributed by atoms with Gasteiger partial charge in [-0.25, -0.2) is 0 Å². The minimum Gasteiger partial charge on any atom is -0.379 e. The van der Waals surface area contributed by atoms with Crippen LogP contribution in [0.1, 0.15) is 51.4 Å². The summed E-state index contributed by atoms with van der Waals surface area (Å²) in [6, 6.07) is 0. The fourth-order valence-electron chi connectivity index (χ4n) is 4.21. The second kappa shape index (κ2) is 6.44. The zero-order valence-corrected chi connectivity index (χ0v) is 12.5. The van der Waals surface area contributed by atoms with Crippen LogP contribution >= 0.6 is 0 Å². The number of nitrogens with one attached hydrogen (secondary N) is 1. The van der Waals surface area contributed by atoms with Gasteiger partial charge in [0.15, 0.2) is 0 Å². The first-order valence-electron chi connectivity index (χ1n) is 8.21. The van der Waals surface area contributed by atoms with E-state index in [-0.39, 0.29) is 18.1 Å². The van der Waals surface area contributed by atoms with Gasteiger partial charge in [0.1, 0.15) is 0 Å². The van der Waals surface area contributed by atoms with E-state index in [2.05, 4.69) is 5.32 Å². The van der Waals surface area contributed by atoms with Crippen LogP contribution in [0.2, 0.25) is 0 Å². The molecule has 20 heavy (non-hydrogen) atoms. The van der Waals surface area contributed by atoms with E-state index in [4.69, 9.17) is 9.47 Å². The van der Waals surface area contributed by atoms with Crippen molar-refractivity contribution in [2.24, 2.45) is 11.8 Å². The fraction of sp³-hybridized carbons (Fsp3) is 0.938. The Labute approximate surface area is 121 Å². The third-order valence-corrected chi connectivity index (χ3v) is 5.42. The maximum absolute atomic E-state index is 11.4. The number of hydrogen-bond acceptors (Lipinski definition) is 3. The third-order valence-electron chi connectivity index (χ3n) is 5.42. The average Bonchev–Trinajstić information content (AvgIpc) is 3.10. The molecule has 1 heterocycles. The van der Waals surface area contributed by atoms with Gasteiger partial charge in [0.25, 0.3) is 0 Å². The van der Waals surface area contributed by atoms with Crippen molar-refractivity contribution in [3.05, 3.63) is 0 Å². The van der Waals surface area contributed by atoms with Crippen LogP contribution < -0.4 is 5.32 Å². The lowest BCUT2D eigenvalue weighted by Gasteiger charge is -2.38. The lowest BCUT2D eigenvalue weighted by molar-refractivity contribution is -0.122. The van der Waals surface area contributed by atoms with Crippen molar-refractivity contribution in [3.63, 3.8) is 0 Å². The molecule has 3 rings (SSSR count). The van der Waals surface area contributed by atoms with Crippen LogP contribution in [0.4, 0.5) is 0 Å². The zero-order chi connectivity index (χ0) is 13.9. The Morgan fingerprint density at radius 3 is 2.50 bits per heavy atom. The summed E-state index contributed by atoms with van der Waals surface area (Å²) in [4.78, 5) is 11.4. The molecule has 2 aliphatic carbocycles. The number of carbonyl (C=O) groups is 1. The molecule has 1 amide bonds. The SMILES string of the molecule is COC1CCC(C2CNC(=O)C2)CC1OC1CCCC1. The number of carbonyl (C=O) groups excluding carboxylic acids is 1. The normalized spacial score (nSPS) is 39.1. The van der Waals surface area contributed by atoms with Gasteiger partial charge in [0.2, 0.25) is 5.91 Å². The molecule has 3 aliphatic rings. The van der Waals surface area contributed by atoms with E-state index in [0.29, 0.717) is 24.4 Å². The van der Waals surface area contributed by atoms with E-state index in [9.17, 15) is 4.79 Å². The van der Waals surface area contributed by atoms with Gasteiger partial charge < -0.3 is 14.8 Å². The van der Waals surface area contributed by atoms with Crippen molar-refractivity contribution in [2.75, 3.05) is 13.7 Å². The molecular formula is C16H27NO3. The largest absolute Gasteiger partial charge is 0.379 e. The summed E-state index contributed by atoms with van der Waals surface area (Å²) in [6.07, 6.45) is 9.97. The number of methoxy groups -OCH3 is 1. The molecule has 4 heteroatoms. The van der Waals surface area contributed by atoms with Crippen molar-refractivity contribution in [1.29, 1.82) is 0 Å². The first kappa shape index (κ1) is 14.3. The average molecular weight is 281 g/mol. The Morgan fingerprint density at radius 1 is 1.05 bits per heavy atom. The maximum atomic E-state index is 11.4. The van der Waals surface area contributed by atoms with E-state index in [0.717, 1.165) is 19.4 Å². The molecule has 1 saturated heterocycles. The Kier molecular flexibility index (Phi) is 4.61. The molecule has 4 atom stereocenters. The minimum atomic E-state index is 0.220. The summed E-state index contributed by atoms with van der Waals surface area (Å²) >= 11 is 0. The quantitative estimate of drug-likeness (QED) is 0.860. The lowest BCUT2D eigenvalue weighted by Crippen LogP contribution is -2.41. The smallest absolute Gasteiger partial charge is 0.220 e. The number of rotatable bonds is 4. The molecule has 1 N–H and O–H groups in total. The van der Waals surface area contributed by atoms with Gasteiger partial charge in [-0.2, -0.15) is 0 Å². The van der Waals surface area contributed by atoms with E-state index in [1.54, 1.807) is 7.11 Å². The van der Waals surface area contributed by atoms with Crippen molar-refractivity contribution in [2.45, 2.75) is 69.7 Å². The topological polar surface area (TPSA) is 47.6 Å². The first-order valence-corrected chi connectivity index (χ1v) is 8.21. The van der Waals surface area contributed by atoms with Crippen LogP contribution in [0.5, 0.6) is 0 Å². The van der Waals surface area contributed by atoms with Gasteiger partial charge in [-0.3, -0.25) is 4.79 Å². The Morgan fingerprint density at radius 2 is 1.85 bits per heavy atom. The molecule has 4 nitrogen and oxygen atoms in total. The molecule has 3 fully saturated rings. The van der Waals surface area contributed by atoms with Crippen LogP contribution in [0, 0.1) is 11.8 Å². The monoisotopic (exact) mass is 281 g/mol. The maximum Gasteiger partial charge on any atom is 0.220 e. The summed E-state index contributed by atoms with van der Waals surface area (Å²) in [6.45, 7) is 0.858. The summed E-state index contributed by atoms with van der Waals surface area (Å²) in [5.41, 5.74) is 0. The molecule has 0 aromatic rings. The van der Waals surface area contributed by atoms with E-state index < -0.39 is 0 Å². The molecular weight excluding hydrogens is 254 g/mol. The highest BCUT2D eigenvalue weighted by atomic mass is 16.5. The Balaban J connectivity index is 1.58. The molecule has 4 unspecified atom stereocenters. The zero-order valence-electron chi connectivity index (χ0n) is 12.5. The standard InChI is InChI=1S/C16H27NO3/c1-19-14-7-6-11(12-9-16(18)17-10-12)8-15(14)20-13-4-2-3-5-13/h11-15H,2-10H2,1H3,(H,17,18). The van der Waals surface area contributed by atoms with Gasteiger partial charge in [-0.05, 0) is 43.9 Å². The van der Waals surface area contributed by atoms with Crippen molar-refractivity contribution in [1.82, 2.24) is 5.32 Å². The van der Waals surface area contributed by atoms with E-state index in [1.165, 1.54) is 32.1 Å². The highest BCUT2D eigenvalue weighted by molar-refractivity contribution is 5.78. The van der Waals surface area contributed by atoms with Crippen molar-refractivity contribution < 1.29 is 14.3 Å². The van der Waals surface area contributed by atoms with Gasteiger partial charge in [-0.15, -0.1) is 0 Å². The summed E-state index contributed by atoms with van der Waals surface area (Å²) in [7, 11) is 1.80. The predicted molar refractivity (Wildman–Crippen MR) is 76.4 cm³/mol. The summed E-state index contributed by atoms with van der Waals surface area (Å²) in [5.74, 6) is 1.35. The molecule has 0 aromatic carbocycles. The van der Waals surface area contributed by atoms with Crippen LogP contribution in [-0.4, -0.2) is 37.9 Å². The molecule has 0 bridgehead atoms. The number of amides is 1. The molecule has 0 aromatic heterocycles.